The van der Waals surface area contributed by atoms with Gasteiger partial charge in [-0.05, 0) is 18.9 Å². The highest BCUT2D eigenvalue weighted by molar-refractivity contribution is 5.76. The molecule has 1 rings (SSSR count). The van der Waals surface area contributed by atoms with Crippen molar-refractivity contribution in [3.05, 3.63) is 0 Å². The Kier molecular flexibility index (Phi) is 5.05. The van der Waals surface area contributed by atoms with E-state index in [9.17, 15) is 4.79 Å². The van der Waals surface area contributed by atoms with E-state index >= 15 is 0 Å². The molecule has 0 bridgehead atoms. The number of nitrogens with two attached hydrogens (primary N) is 1. The van der Waals surface area contributed by atoms with Crippen molar-refractivity contribution in [2.45, 2.75) is 32.8 Å². The largest absolute Gasteiger partial charge is 0.374 e. The highest BCUT2D eigenvalue weighted by atomic mass is 16.5. The van der Waals surface area contributed by atoms with E-state index < -0.39 is 0 Å². The highest BCUT2D eigenvalue weighted by Crippen LogP contribution is 2.11. The molecule has 2 N–H and O–H groups in total. The van der Waals surface area contributed by atoms with E-state index in [0.29, 0.717) is 32.0 Å². The molecule has 0 aromatic rings. The highest BCUT2D eigenvalue weighted by Gasteiger charge is 2.23. The topological polar surface area (TPSA) is 55.6 Å². The summed E-state index contributed by atoms with van der Waals surface area (Å²) in [7, 11) is 0. The molecule has 1 atom stereocenters. The van der Waals surface area contributed by atoms with Crippen LogP contribution in [0.5, 0.6) is 0 Å². The molecular formula is C11H22N2O2. The molecule has 1 amide bonds. The fourth-order valence-electron chi connectivity index (χ4n) is 1.78. The van der Waals surface area contributed by atoms with E-state index in [1.54, 1.807) is 0 Å². The summed E-state index contributed by atoms with van der Waals surface area (Å²) < 4.78 is 5.53. The molecule has 4 nitrogen and oxygen atoms in total. The number of amides is 1. The Labute approximate surface area is 91.8 Å². The van der Waals surface area contributed by atoms with Crippen molar-refractivity contribution in [2.24, 2.45) is 11.7 Å². The Hall–Kier alpha value is -0.610. The fourth-order valence-corrected chi connectivity index (χ4v) is 1.78. The second kappa shape index (κ2) is 6.08. The normalized spacial score (nSPS) is 22.1. The second-order valence-corrected chi connectivity index (χ2v) is 4.51. The molecule has 1 saturated heterocycles. The molecule has 1 fully saturated rings. The quantitative estimate of drug-likeness (QED) is 0.746. The molecule has 1 aliphatic rings. The minimum absolute atomic E-state index is 0.139. The molecule has 0 spiro atoms. The average Bonchev–Trinajstić information content (AvgIpc) is 2.17. The summed E-state index contributed by atoms with van der Waals surface area (Å²) in [5.74, 6) is 0.670. The Morgan fingerprint density at radius 3 is 2.93 bits per heavy atom. The molecule has 1 heterocycles. The van der Waals surface area contributed by atoms with Crippen molar-refractivity contribution >= 4 is 5.91 Å². The van der Waals surface area contributed by atoms with Gasteiger partial charge < -0.3 is 15.4 Å². The predicted octanol–water partition coefficient (Wildman–Crippen LogP) is 0.609. The van der Waals surface area contributed by atoms with Crippen LogP contribution in [0.3, 0.4) is 0 Å². The van der Waals surface area contributed by atoms with Crippen LogP contribution in [0.2, 0.25) is 0 Å². The van der Waals surface area contributed by atoms with Crippen LogP contribution in [0.15, 0.2) is 0 Å². The van der Waals surface area contributed by atoms with Crippen LogP contribution in [0.1, 0.15) is 26.7 Å². The lowest BCUT2D eigenvalue weighted by molar-refractivity contribution is -0.139. The third-order valence-corrected chi connectivity index (χ3v) is 2.56. The monoisotopic (exact) mass is 214 g/mol. The van der Waals surface area contributed by atoms with Crippen molar-refractivity contribution in [3.8, 4) is 0 Å². The van der Waals surface area contributed by atoms with E-state index in [1.807, 2.05) is 4.90 Å². The Bertz CT molecular complexity index is 205. The van der Waals surface area contributed by atoms with Gasteiger partial charge in [-0.2, -0.15) is 0 Å². The molecule has 4 heteroatoms. The summed E-state index contributed by atoms with van der Waals surface area (Å²) in [5, 5.41) is 0. The predicted molar refractivity (Wildman–Crippen MR) is 59.4 cm³/mol. The van der Waals surface area contributed by atoms with Crippen LogP contribution < -0.4 is 5.73 Å². The first-order valence-electron chi connectivity index (χ1n) is 5.73. The van der Waals surface area contributed by atoms with Gasteiger partial charge in [0.05, 0.1) is 12.7 Å². The lowest BCUT2D eigenvalue weighted by atomic mass is 10.1. The van der Waals surface area contributed by atoms with Crippen LogP contribution in [0.25, 0.3) is 0 Å². The van der Waals surface area contributed by atoms with Gasteiger partial charge in [-0.15, -0.1) is 0 Å². The number of carbonyl (C=O) groups excluding carboxylic acids is 1. The summed E-state index contributed by atoms with van der Waals surface area (Å²) in [6.07, 6.45) is 1.61. The summed E-state index contributed by atoms with van der Waals surface area (Å²) >= 11 is 0. The van der Waals surface area contributed by atoms with Gasteiger partial charge in [0.15, 0.2) is 0 Å². The molecule has 88 valence electrons. The number of ether oxygens (including phenoxy) is 1. The molecular weight excluding hydrogens is 192 g/mol. The summed E-state index contributed by atoms with van der Waals surface area (Å²) in [6, 6.07) is 0. The number of rotatable bonds is 4. The average molecular weight is 214 g/mol. The minimum Gasteiger partial charge on any atom is -0.374 e. The van der Waals surface area contributed by atoms with Gasteiger partial charge in [-0.25, -0.2) is 0 Å². The summed E-state index contributed by atoms with van der Waals surface area (Å²) in [6.45, 7) is 6.84. The molecule has 1 unspecified atom stereocenters. The molecule has 0 aromatic carbocycles. The number of hydrogen-bond donors (Lipinski definition) is 1. The third-order valence-electron chi connectivity index (χ3n) is 2.56. The third kappa shape index (κ3) is 4.18. The lowest BCUT2D eigenvalue weighted by Gasteiger charge is -2.33. The first-order chi connectivity index (χ1) is 7.13. The van der Waals surface area contributed by atoms with E-state index in [-0.39, 0.29) is 12.0 Å². The van der Waals surface area contributed by atoms with Gasteiger partial charge in [0.1, 0.15) is 0 Å². The first kappa shape index (κ1) is 12.5. The van der Waals surface area contributed by atoms with Gasteiger partial charge in [-0.1, -0.05) is 13.8 Å². The van der Waals surface area contributed by atoms with Gasteiger partial charge in [0, 0.05) is 19.5 Å². The number of morpholine rings is 1. The maximum Gasteiger partial charge on any atom is 0.222 e. The SMILES string of the molecule is CC(C)CC(=O)N1CCOC(CCN)C1. The van der Waals surface area contributed by atoms with Crippen LogP contribution in [0, 0.1) is 5.92 Å². The number of hydrogen-bond acceptors (Lipinski definition) is 3. The van der Waals surface area contributed by atoms with Crippen molar-refractivity contribution in [2.75, 3.05) is 26.2 Å². The molecule has 0 aliphatic carbocycles. The van der Waals surface area contributed by atoms with E-state index in [2.05, 4.69) is 13.8 Å². The van der Waals surface area contributed by atoms with Crippen molar-refractivity contribution < 1.29 is 9.53 Å². The van der Waals surface area contributed by atoms with Gasteiger partial charge in [0.25, 0.3) is 0 Å². The maximum atomic E-state index is 11.8. The zero-order valence-electron chi connectivity index (χ0n) is 9.74. The maximum absolute atomic E-state index is 11.8. The van der Waals surface area contributed by atoms with Crippen molar-refractivity contribution in [3.63, 3.8) is 0 Å². The number of carbonyl (C=O) groups is 1. The zero-order chi connectivity index (χ0) is 11.3. The van der Waals surface area contributed by atoms with Crippen LogP contribution >= 0.6 is 0 Å². The minimum atomic E-state index is 0.139. The Balaban J connectivity index is 2.38. The molecule has 15 heavy (non-hydrogen) atoms. The van der Waals surface area contributed by atoms with Crippen LogP contribution in [-0.2, 0) is 9.53 Å². The summed E-state index contributed by atoms with van der Waals surface area (Å²) in [4.78, 5) is 13.7. The first-order valence-corrected chi connectivity index (χ1v) is 5.73. The van der Waals surface area contributed by atoms with Crippen LogP contribution in [-0.4, -0.2) is 43.2 Å². The fraction of sp³-hybridized carbons (Fsp3) is 0.909. The van der Waals surface area contributed by atoms with Gasteiger partial charge >= 0.3 is 0 Å². The smallest absolute Gasteiger partial charge is 0.222 e. The van der Waals surface area contributed by atoms with Gasteiger partial charge in [-0.3, -0.25) is 4.79 Å². The lowest BCUT2D eigenvalue weighted by Crippen LogP contribution is -2.46. The van der Waals surface area contributed by atoms with E-state index in [0.717, 1.165) is 13.0 Å². The molecule has 1 aliphatic heterocycles. The van der Waals surface area contributed by atoms with E-state index in [4.69, 9.17) is 10.5 Å². The molecule has 0 saturated carbocycles. The standard InChI is InChI=1S/C11H22N2O2/c1-9(2)7-11(14)13-5-6-15-10(8-13)3-4-12/h9-10H,3-8,12H2,1-2H3. The second-order valence-electron chi connectivity index (χ2n) is 4.51. The number of nitrogens with zero attached hydrogens (tertiary/aromatic N) is 1. The van der Waals surface area contributed by atoms with E-state index in [1.165, 1.54) is 0 Å². The van der Waals surface area contributed by atoms with Crippen molar-refractivity contribution in [1.29, 1.82) is 0 Å². The molecule has 0 radical (unpaired) electrons. The van der Waals surface area contributed by atoms with Crippen LogP contribution in [0.4, 0.5) is 0 Å². The summed E-state index contributed by atoms with van der Waals surface area (Å²) in [5.41, 5.74) is 5.48. The van der Waals surface area contributed by atoms with Gasteiger partial charge in [0.2, 0.25) is 5.91 Å². The zero-order valence-corrected chi connectivity index (χ0v) is 9.74. The Morgan fingerprint density at radius 1 is 1.60 bits per heavy atom. The van der Waals surface area contributed by atoms with Crippen molar-refractivity contribution in [1.82, 2.24) is 4.90 Å². The molecule has 0 aromatic heterocycles. The Morgan fingerprint density at radius 2 is 2.33 bits per heavy atom.